The molecule has 0 unspecified atom stereocenters. The molecule has 0 atom stereocenters. The van der Waals surface area contributed by atoms with Crippen molar-refractivity contribution in [3.8, 4) is 0 Å². The second-order valence-electron chi connectivity index (χ2n) is 5.90. The molecule has 0 aliphatic rings. The van der Waals surface area contributed by atoms with Crippen LogP contribution in [0.15, 0.2) is 24.3 Å². The van der Waals surface area contributed by atoms with Gasteiger partial charge in [-0.25, -0.2) is 0 Å². The van der Waals surface area contributed by atoms with E-state index in [0.717, 1.165) is 44.9 Å². The van der Waals surface area contributed by atoms with Crippen molar-refractivity contribution in [2.45, 2.75) is 39.7 Å². The minimum absolute atomic E-state index is 0.686. The number of methoxy groups -OCH3 is 1. The lowest BCUT2D eigenvalue weighted by molar-refractivity contribution is 0.0688. The average molecular weight is 293 g/mol. The zero-order valence-corrected chi connectivity index (χ0v) is 13.9. The van der Waals surface area contributed by atoms with Crippen molar-refractivity contribution in [3.63, 3.8) is 0 Å². The molecule has 0 bridgehead atoms. The van der Waals surface area contributed by atoms with Crippen molar-refractivity contribution in [1.82, 2.24) is 5.32 Å². The zero-order valence-electron chi connectivity index (χ0n) is 13.9. The van der Waals surface area contributed by atoms with E-state index in [1.807, 2.05) is 0 Å². The first-order valence-electron chi connectivity index (χ1n) is 8.07. The van der Waals surface area contributed by atoms with Gasteiger partial charge in [0.2, 0.25) is 0 Å². The maximum Gasteiger partial charge on any atom is 0.0700 e. The molecule has 0 saturated heterocycles. The Balaban J connectivity index is 2.02. The van der Waals surface area contributed by atoms with Crippen LogP contribution in [0.4, 0.5) is 0 Å². The van der Waals surface area contributed by atoms with Gasteiger partial charge in [0, 0.05) is 20.3 Å². The van der Waals surface area contributed by atoms with Gasteiger partial charge in [0.05, 0.1) is 13.2 Å². The molecule has 21 heavy (non-hydrogen) atoms. The highest BCUT2D eigenvalue weighted by molar-refractivity contribution is 5.22. The fourth-order valence-electron chi connectivity index (χ4n) is 2.20. The first kappa shape index (κ1) is 18.1. The van der Waals surface area contributed by atoms with Crippen LogP contribution < -0.4 is 5.32 Å². The van der Waals surface area contributed by atoms with Gasteiger partial charge in [0.25, 0.3) is 0 Å². The van der Waals surface area contributed by atoms with Crippen LogP contribution >= 0.6 is 0 Å². The van der Waals surface area contributed by atoms with E-state index >= 15 is 0 Å². The predicted molar refractivity (Wildman–Crippen MR) is 88.6 cm³/mol. The lowest BCUT2D eigenvalue weighted by atomic mass is 10.0. The summed E-state index contributed by atoms with van der Waals surface area (Å²) in [6, 6.07) is 8.97. The number of ether oxygens (including phenoxy) is 2. The highest BCUT2D eigenvalue weighted by Crippen LogP contribution is 2.09. The summed E-state index contributed by atoms with van der Waals surface area (Å²) in [4.78, 5) is 0. The highest BCUT2D eigenvalue weighted by atomic mass is 16.5. The topological polar surface area (TPSA) is 30.5 Å². The first-order valence-corrected chi connectivity index (χ1v) is 8.07. The second kappa shape index (κ2) is 11.7. The van der Waals surface area contributed by atoms with E-state index in [9.17, 15) is 0 Å². The summed E-state index contributed by atoms with van der Waals surface area (Å²) >= 11 is 0. The Hall–Kier alpha value is -0.900. The summed E-state index contributed by atoms with van der Waals surface area (Å²) in [6.45, 7) is 8.73. The number of unbranched alkanes of at least 4 members (excludes halogenated alkanes) is 1. The minimum atomic E-state index is 0.686. The lowest BCUT2D eigenvalue weighted by Gasteiger charge is -2.08. The van der Waals surface area contributed by atoms with Crippen molar-refractivity contribution in [3.05, 3.63) is 35.4 Å². The number of hydrogen-bond donors (Lipinski definition) is 1. The molecule has 0 aromatic heterocycles. The first-order chi connectivity index (χ1) is 10.2. The van der Waals surface area contributed by atoms with Gasteiger partial charge in [0.15, 0.2) is 0 Å². The SMILES string of the molecule is COCCOCCCCNCc1ccc(CC(C)C)cc1. The van der Waals surface area contributed by atoms with E-state index in [2.05, 4.69) is 43.4 Å². The Morgan fingerprint density at radius 3 is 2.33 bits per heavy atom. The number of benzene rings is 1. The van der Waals surface area contributed by atoms with Crippen LogP contribution in [0.3, 0.4) is 0 Å². The van der Waals surface area contributed by atoms with Crippen molar-refractivity contribution in [1.29, 1.82) is 0 Å². The Labute approximate surface area is 130 Å². The summed E-state index contributed by atoms with van der Waals surface area (Å²) in [5, 5.41) is 3.48. The third kappa shape index (κ3) is 9.62. The van der Waals surface area contributed by atoms with Gasteiger partial charge in [-0.05, 0) is 42.9 Å². The van der Waals surface area contributed by atoms with Crippen LogP contribution in [-0.4, -0.2) is 33.5 Å². The molecule has 0 aliphatic heterocycles. The van der Waals surface area contributed by atoms with E-state index in [1.165, 1.54) is 11.1 Å². The van der Waals surface area contributed by atoms with Crippen molar-refractivity contribution >= 4 is 0 Å². The van der Waals surface area contributed by atoms with Crippen molar-refractivity contribution < 1.29 is 9.47 Å². The summed E-state index contributed by atoms with van der Waals surface area (Å²) < 4.78 is 10.4. The Bertz CT molecular complexity index is 349. The minimum Gasteiger partial charge on any atom is -0.382 e. The molecule has 120 valence electrons. The van der Waals surface area contributed by atoms with E-state index < -0.39 is 0 Å². The third-order valence-corrected chi connectivity index (χ3v) is 3.32. The summed E-state index contributed by atoms with van der Waals surface area (Å²) in [5.41, 5.74) is 2.79. The smallest absolute Gasteiger partial charge is 0.0700 e. The van der Waals surface area contributed by atoms with Gasteiger partial charge in [0.1, 0.15) is 0 Å². The molecule has 3 heteroatoms. The normalized spacial score (nSPS) is 11.2. The quantitative estimate of drug-likeness (QED) is 0.599. The third-order valence-electron chi connectivity index (χ3n) is 3.32. The maximum absolute atomic E-state index is 5.43. The number of hydrogen-bond acceptors (Lipinski definition) is 3. The fraction of sp³-hybridized carbons (Fsp3) is 0.667. The predicted octanol–water partition coefficient (Wildman–Crippen LogP) is 3.42. The second-order valence-corrected chi connectivity index (χ2v) is 5.90. The molecule has 1 aromatic carbocycles. The highest BCUT2D eigenvalue weighted by Gasteiger charge is 1.98. The van der Waals surface area contributed by atoms with Crippen molar-refractivity contribution in [2.75, 3.05) is 33.5 Å². The van der Waals surface area contributed by atoms with Crippen LogP contribution in [0.25, 0.3) is 0 Å². The molecular formula is C18H31NO2. The van der Waals surface area contributed by atoms with Gasteiger partial charge < -0.3 is 14.8 Å². The van der Waals surface area contributed by atoms with Crippen LogP contribution in [0.2, 0.25) is 0 Å². The van der Waals surface area contributed by atoms with Gasteiger partial charge >= 0.3 is 0 Å². The molecule has 0 aliphatic carbocycles. The molecule has 1 aromatic rings. The molecule has 1 rings (SSSR count). The van der Waals surface area contributed by atoms with Crippen LogP contribution in [-0.2, 0) is 22.4 Å². The van der Waals surface area contributed by atoms with Gasteiger partial charge in [-0.1, -0.05) is 38.1 Å². The summed E-state index contributed by atoms with van der Waals surface area (Å²) in [5.74, 6) is 0.722. The molecule has 3 nitrogen and oxygen atoms in total. The molecule has 0 amide bonds. The summed E-state index contributed by atoms with van der Waals surface area (Å²) in [6.07, 6.45) is 3.42. The lowest BCUT2D eigenvalue weighted by Crippen LogP contribution is -2.15. The number of nitrogens with one attached hydrogen (secondary N) is 1. The van der Waals surface area contributed by atoms with Gasteiger partial charge in [-0.3, -0.25) is 0 Å². The van der Waals surface area contributed by atoms with E-state index in [0.29, 0.717) is 13.2 Å². The molecule has 0 spiro atoms. The molecule has 0 heterocycles. The van der Waals surface area contributed by atoms with E-state index in [4.69, 9.17) is 9.47 Å². The molecule has 0 saturated carbocycles. The Morgan fingerprint density at radius 1 is 0.952 bits per heavy atom. The molecule has 0 fully saturated rings. The average Bonchev–Trinajstić information content (AvgIpc) is 2.47. The molecular weight excluding hydrogens is 262 g/mol. The van der Waals surface area contributed by atoms with Crippen molar-refractivity contribution in [2.24, 2.45) is 5.92 Å². The fourth-order valence-corrected chi connectivity index (χ4v) is 2.20. The van der Waals surface area contributed by atoms with E-state index in [1.54, 1.807) is 7.11 Å². The van der Waals surface area contributed by atoms with E-state index in [-0.39, 0.29) is 0 Å². The summed E-state index contributed by atoms with van der Waals surface area (Å²) in [7, 11) is 1.70. The Morgan fingerprint density at radius 2 is 1.67 bits per heavy atom. The van der Waals surface area contributed by atoms with Gasteiger partial charge in [-0.15, -0.1) is 0 Å². The van der Waals surface area contributed by atoms with Crippen LogP contribution in [0, 0.1) is 5.92 Å². The number of rotatable bonds is 12. The molecule has 1 N–H and O–H groups in total. The largest absolute Gasteiger partial charge is 0.382 e. The Kier molecular flexibility index (Phi) is 10.1. The van der Waals surface area contributed by atoms with Gasteiger partial charge in [-0.2, -0.15) is 0 Å². The monoisotopic (exact) mass is 293 g/mol. The zero-order chi connectivity index (χ0) is 15.3. The standard InChI is InChI=1S/C18H31NO2/c1-16(2)14-17-6-8-18(9-7-17)15-19-10-4-5-11-21-13-12-20-3/h6-9,16,19H,4-5,10-15H2,1-3H3. The maximum atomic E-state index is 5.43. The van der Waals surface area contributed by atoms with Crippen LogP contribution in [0.5, 0.6) is 0 Å². The van der Waals surface area contributed by atoms with Crippen LogP contribution in [0.1, 0.15) is 37.8 Å². The molecule has 0 radical (unpaired) electrons.